The van der Waals surface area contributed by atoms with E-state index in [0.29, 0.717) is 5.92 Å². The minimum Gasteiger partial charge on any atom is -0.337 e. The van der Waals surface area contributed by atoms with Crippen LogP contribution in [0, 0.1) is 11.8 Å². The molecule has 4 N–H and O–H groups in total. The first kappa shape index (κ1) is 17.2. The zero-order valence-corrected chi connectivity index (χ0v) is 15.6. The molecule has 3 heterocycles. The number of carbonyl (C=O) groups excluding carboxylic acids is 1. The van der Waals surface area contributed by atoms with Gasteiger partial charge in [0, 0.05) is 35.1 Å². The number of fused-ring (bicyclic) bond motifs is 1. The van der Waals surface area contributed by atoms with Crippen molar-refractivity contribution in [2.24, 2.45) is 17.6 Å². The first-order valence-corrected chi connectivity index (χ1v) is 9.94. The number of rotatable bonds is 4. The molecule has 1 fully saturated rings. The van der Waals surface area contributed by atoms with E-state index in [1.807, 2.05) is 17.5 Å². The predicted octanol–water partition coefficient (Wildman–Crippen LogP) is 3.78. The number of carbonyl (C=O) groups is 1. The number of nitrogens with one attached hydrogen (secondary N) is 2. The molecule has 1 aliphatic carbocycles. The van der Waals surface area contributed by atoms with Crippen LogP contribution in [-0.2, 0) is 4.79 Å². The van der Waals surface area contributed by atoms with Crippen molar-refractivity contribution >= 4 is 34.0 Å². The molecular weight excluding hydrogens is 346 g/mol. The lowest BCUT2D eigenvalue weighted by Crippen LogP contribution is -2.33. The van der Waals surface area contributed by atoms with E-state index >= 15 is 0 Å². The monoisotopic (exact) mass is 369 g/mol. The van der Waals surface area contributed by atoms with Gasteiger partial charge in [0.2, 0.25) is 5.91 Å². The molecule has 7 heteroatoms. The fourth-order valence-electron chi connectivity index (χ4n) is 3.75. The summed E-state index contributed by atoms with van der Waals surface area (Å²) in [6, 6.07) is 4.07. The van der Waals surface area contributed by atoms with Crippen molar-refractivity contribution in [3.8, 4) is 10.7 Å². The zero-order valence-electron chi connectivity index (χ0n) is 14.7. The highest BCUT2D eigenvalue weighted by Crippen LogP contribution is 2.33. The van der Waals surface area contributed by atoms with E-state index in [4.69, 9.17) is 5.73 Å². The summed E-state index contributed by atoms with van der Waals surface area (Å²) >= 11 is 1.57. The summed E-state index contributed by atoms with van der Waals surface area (Å²) in [4.78, 5) is 24.7. The third-order valence-corrected chi connectivity index (χ3v) is 6.15. The van der Waals surface area contributed by atoms with Gasteiger partial charge in [-0.2, -0.15) is 0 Å². The van der Waals surface area contributed by atoms with E-state index < -0.39 is 0 Å². The molecule has 26 heavy (non-hydrogen) atoms. The van der Waals surface area contributed by atoms with Gasteiger partial charge in [-0.05, 0) is 50.7 Å². The van der Waals surface area contributed by atoms with E-state index in [9.17, 15) is 4.79 Å². The lowest BCUT2D eigenvalue weighted by atomic mass is 9.79. The molecule has 0 aliphatic heterocycles. The summed E-state index contributed by atoms with van der Waals surface area (Å²) in [6.07, 6.45) is 7.36. The van der Waals surface area contributed by atoms with E-state index in [1.54, 1.807) is 23.7 Å². The number of aromatic amines is 1. The molecule has 6 nitrogen and oxygen atoms in total. The fourth-order valence-corrected chi connectivity index (χ4v) is 4.36. The van der Waals surface area contributed by atoms with Crippen LogP contribution in [0.5, 0.6) is 0 Å². The second kappa shape index (κ2) is 7.17. The van der Waals surface area contributed by atoms with Crippen LogP contribution in [0.15, 0.2) is 29.9 Å². The van der Waals surface area contributed by atoms with Gasteiger partial charge in [0.25, 0.3) is 0 Å². The second-order valence-corrected chi connectivity index (χ2v) is 8.00. The third-order valence-electron chi connectivity index (χ3n) is 5.34. The van der Waals surface area contributed by atoms with Crippen molar-refractivity contribution < 1.29 is 4.79 Å². The molecule has 0 saturated heterocycles. The summed E-state index contributed by atoms with van der Waals surface area (Å²) in [5.41, 5.74) is 8.48. The van der Waals surface area contributed by atoms with Crippen LogP contribution in [0.4, 0.5) is 5.69 Å². The molecule has 1 atom stereocenters. The standard InChI is InChI=1S/C19H23N5OS/c1-11(20)12-2-4-13(5-3-12)18(25)24-15-6-7-21-17-14(15)10-16(23-17)19-22-8-9-26-19/h6-13H,2-5,20H2,1H3,(H2,21,23,24,25)/t11-,12?,13?/m1/s1. The Morgan fingerprint density at radius 2 is 2.12 bits per heavy atom. The quantitative estimate of drug-likeness (QED) is 0.652. The van der Waals surface area contributed by atoms with Gasteiger partial charge in [0.15, 0.2) is 0 Å². The zero-order chi connectivity index (χ0) is 18.1. The van der Waals surface area contributed by atoms with Crippen LogP contribution in [-0.4, -0.2) is 26.9 Å². The average Bonchev–Trinajstić information content (AvgIpc) is 3.31. The number of amides is 1. The van der Waals surface area contributed by atoms with Crippen LogP contribution >= 0.6 is 11.3 Å². The second-order valence-electron chi connectivity index (χ2n) is 7.10. The maximum absolute atomic E-state index is 12.7. The number of thiazole rings is 1. The van der Waals surface area contributed by atoms with Crippen molar-refractivity contribution in [1.82, 2.24) is 15.0 Å². The molecule has 0 unspecified atom stereocenters. The maximum Gasteiger partial charge on any atom is 0.227 e. The molecular formula is C19H23N5OS. The van der Waals surface area contributed by atoms with Gasteiger partial charge >= 0.3 is 0 Å². The van der Waals surface area contributed by atoms with Gasteiger partial charge in [-0.25, -0.2) is 9.97 Å². The van der Waals surface area contributed by atoms with Crippen molar-refractivity contribution in [1.29, 1.82) is 0 Å². The van der Waals surface area contributed by atoms with Crippen LogP contribution in [0.2, 0.25) is 0 Å². The van der Waals surface area contributed by atoms with Gasteiger partial charge in [-0.1, -0.05) is 0 Å². The summed E-state index contributed by atoms with van der Waals surface area (Å²) in [6.45, 7) is 2.06. The molecule has 136 valence electrons. The maximum atomic E-state index is 12.7. The first-order valence-electron chi connectivity index (χ1n) is 9.06. The van der Waals surface area contributed by atoms with Gasteiger partial charge in [0.05, 0.1) is 11.4 Å². The number of nitrogens with two attached hydrogens (primary N) is 1. The number of nitrogens with zero attached hydrogens (tertiary/aromatic N) is 2. The number of hydrogen-bond acceptors (Lipinski definition) is 5. The molecule has 0 bridgehead atoms. The molecule has 4 rings (SSSR count). The largest absolute Gasteiger partial charge is 0.337 e. The highest BCUT2D eigenvalue weighted by Gasteiger charge is 2.28. The Bertz CT molecular complexity index is 894. The molecule has 1 amide bonds. The summed E-state index contributed by atoms with van der Waals surface area (Å²) < 4.78 is 0. The molecule has 1 aliphatic rings. The molecule has 1 saturated carbocycles. The Morgan fingerprint density at radius 1 is 1.31 bits per heavy atom. The van der Waals surface area contributed by atoms with Crippen LogP contribution in [0.3, 0.4) is 0 Å². The number of aromatic nitrogens is 3. The smallest absolute Gasteiger partial charge is 0.227 e. The van der Waals surface area contributed by atoms with Gasteiger partial charge in [0.1, 0.15) is 10.7 Å². The highest BCUT2D eigenvalue weighted by atomic mass is 32.1. The Morgan fingerprint density at radius 3 is 2.81 bits per heavy atom. The van der Waals surface area contributed by atoms with Gasteiger partial charge < -0.3 is 16.0 Å². The minimum absolute atomic E-state index is 0.0607. The molecule has 0 spiro atoms. The average molecular weight is 369 g/mol. The number of H-pyrrole nitrogens is 1. The fraction of sp³-hybridized carbons (Fsp3) is 0.421. The van der Waals surface area contributed by atoms with E-state index in [2.05, 4.69) is 27.2 Å². The van der Waals surface area contributed by atoms with Crippen LogP contribution < -0.4 is 11.1 Å². The lowest BCUT2D eigenvalue weighted by Gasteiger charge is -2.30. The summed E-state index contributed by atoms with van der Waals surface area (Å²) in [7, 11) is 0. The normalized spacial score (nSPS) is 21.6. The predicted molar refractivity (Wildman–Crippen MR) is 105 cm³/mol. The van der Waals surface area contributed by atoms with Gasteiger partial charge in [-0.15, -0.1) is 11.3 Å². The Kier molecular flexibility index (Phi) is 4.74. The molecule has 3 aromatic rings. The van der Waals surface area contributed by atoms with Gasteiger partial charge in [-0.3, -0.25) is 4.79 Å². The number of anilines is 1. The Labute approximate surface area is 156 Å². The topological polar surface area (TPSA) is 96.7 Å². The number of hydrogen-bond donors (Lipinski definition) is 3. The van der Waals surface area contributed by atoms with Crippen molar-refractivity contribution in [2.75, 3.05) is 5.32 Å². The summed E-state index contributed by atoms with van der Waals surface area (Å²) in [5.74, 6) is 0.695. The Hall–Kier alpha value is -2.25. The molecule has 0 radical (unpaired) electrons. The minimum atomic E-state index is 0.0607. The van der Waals surface area contributed by atoms with E-state index in [1.165, 1.54) is 0 Å². The Balaban J connectivity index is 1.51. The van der Waals surface area contributed by atoms with Crippen LogP contribution in [0.1, 0.15) is 32.6 Å². The van der Waals surface area contributed by atoms with Crippen molar-refractivity contribution in [2.45, 2.75) is 38.6 Å². The van der Waals surface area contributed by atoms with E-state index in [-0.39, 0.29) is 17.9 Å². The van der Waals surface area contributed by atoms with Crippen molar-refractivity contribution in [3.63, 3.8) is 0 Å². The third kappa shape index (κ3) is 3.37. The first-order chi connectivity index (χ1) is 12.6. The lowest BCUT2D eigenvalue weighted by molar-refractivity contribution is -0.121. The SMILES string of the molecule is C[C@@H](N)C1CCC(C(=O)Nc2ccnc3[nH]c(-c4nccs4)cc23)CC1. The number of pyridine rings is 1. The van der Waals surface area contributed by atoms with Crippen LogP contribution in [0.25, 0.3) is 21.7 Å². The van der Waals surface area contributed by atoms with E-state index in [0.717, 1.165) is 53.1 Å². The molecule has 3 aromatic heterocycles. The van der Waals surface area contributed by atoms with Crippen molar-refractivity contribution in [3.05, 3.63) is 29.9 Å². The molecule has 0 aromatic carbocycles. The highest BCUT2D eigenvalue weighted by molar-refractivity contribution is 7.13. The summed E-state index contributed by atoms with van der Waals surface area (Å²) in [5, 5.41) is 6.87.